The third kappa shape index (κ3) is 1.97. The summed E-state index contributed by atoms with van der Waals surface area (Å²) in [5.41, 5.74) is 1.42. The van der Waals surface area contributed by atoms with Crippen molar-refractivity contribution in [2.75, 3.05) is 26.3 Å². The number of hydrogen-bond donors (Lipinski definition) is 0. The Bertz CT molecular complexity index is 361. The zero-order valence-electron chi connectivity index (χ0n) is 9.23. The minimum Gasteiger partial charge on any atom is -0.378 e. The van der Waals surface area contributed by atoms with Gasteiger partial charge in [0.25, 0.3) is 0 Å². The normalized spacial score (nSPS) is 26.9. The van der Waals surface area contributed by atoms with Crippen LogP contribution in [0.4, 0.5) is 0 Å². The smallest absolute Gasteiger partial charge is 0.0645 e. The number of halogens is 1. The summed E-state index contributed by atoms with van der Waals surface area (Å²) in [7, 11) is 0. The molecule has 1 unspecified atom stereocenters. The van der Waals surface area contributed by atoms with Crippen molar-refractivity contribution in [3.63, 3.8) is 0 Å². The van der Waals surface area contributed by atoms with Gasteiger partial charge in [-0.1, -0.05) is 23.7 Å². The van der Waals surface area contributed by atoms with Crippen LogP contribution >= 0.6 is 11.6 Å². The molecule has 2 heterocycles. The van der Waals surface area contributed by atoms with E-state index in [4.69, 9.17) is 16.3 Å². The first-order valence-electron chi connectivity index (χ1n) is 5.90. The number of benzene rings is 1. The van der Waals surface area contributed by atoms with Crippen LogP contribution in [0.3, 0.4) is 0 Å². The predicted molar refractivity (Wildman–Crippen MR) is 65.0 cm³/mol. The van der Waals surface area contributed by atoms with Crippen molar-refractivity contribution in [1.29, 1.82) is 0 Å². The first-order valence-corrected chi connectivity index (χ1v) is 6.28. The predicted octanol–water partition coefficient (Wildman–Crippen LogP) is 2.53. The summed E-state index contributed by atoms with van der Waals surface area (Å²) >= 11 is 5.90. The van der Waals surface area contributed by atoms with Crippen molar-refractivity contribution < 1.29 is 4.74 Å². The Hall–Kier alpha value is -0.570. The highest BCUT2D eigenvalue weighted by atomic mass is 35.5. The van der Waals surface area contributed by atoms with E-state index in [-0.39, 0.29) is 0 Å². The van der Waals surface area contributed by atoms with Gasteiger partial charge in [-0.2, -0.15) is 0 Å². The van der Waals surface area contributed by atoms with E-state index in [0.29, 0.717) is 12.0 Å². The van der Waals surface area contributed by atoms with Crippen LogP contribution < -0.4 is 0 Å². The van der Waals surface area contributed by atoms with Crippen molar-refractivity contribution in [3.8, 4) is 0 Å². The molecule has 2 saturated heterocycles. The first kappa shape index (κ1) is 10.6. The highest BCUT2D eigenvalue weighted by Gasteiger charge is 2.32. The third-order valence-electron chi connectivity index (χ3n) is 3.70. The lowest BCUT2D eigenvalue weighted by Crippen LogP contribution is -2.47. The summed E-state index contributed by atoms with van der Waals surface area (Å²) in [5, 5.41) is 0.825. The van der Waals surface area contributed by atoms with E-state index in [9.17, 15) is 0 Å². The summed E-state index contributed by atoms with van der Waals surface area (Å²) in [6.07, 6.45) is 1.26. The SMILES string of the molecule is Clc1ccc(C2CCN(C3COC3)C2)cc1. The van der Waals surface area contributed by atoms with Crippen LogP contribution in [0.15, 0.2) is 24.3 Å². The Labute approximate surface area is 101 Å². The molecular weight excluding hydrogens is 222 g/mol. The lowest BCUT2D eigenvalue weighted by atomic mass is 9.99. The van der Waals surface area contributed by atoms with Gasteiger partial charge in [-0.3, -0.25) is 4.90 Å². The molecule has 0 aliphatic carbocycles. The quantitative estimate of drug-likeness (QED) is 0.784. The Morgan fingerprint density at radius 3 is 2.56 bits per heavy atom. The fourth-order valence-corrected chi connectivity index (χ4v) is 2.69. The van der Waals surface area contributed by atoms with E-state index >= 15 is 0 Å². The van der Waals surface area contributed by atoms with Crippen LogP contribution in [0.2, 0.25) is 5.02 Å². The van der Waals surface area contributed by atoms with Crippen LogP contribution in [-0.4, -0.2) is 37.2 Å². The molecule has 0 spiro atoms. The largest absolute Gasteiger partial charge is 0.378 e. The molecule has 0 amide bonds. The van der Waals surface area contributed by atoms with Gasteiger partial charge in [0, 0.05) is 11.6 Å². The topological polar surface area (TPSA) is 12.5 Å². The fraction of sp³-hybridized carbons (Fsp3) is 0.538. The van der Waals surface area contributed by atoms with Crippen molar-refractivity contribution in [3.05, 3.63) is 34.9 Å². The maximum Gasteiger partial charge on any atom is 0.0645 e. The van der Waals surface area contributed by atoms with Gasteiger partial charge < -0.3 is 4.74 Å². The van der Waals surface area contributed by atoms with E-state index in [1.165, 1.54) is 25.1 Å². The average Bonchev–Trinajstić information content (AvgIpc) is 2.65. The zero-order valence-corrected chi connectivity index (χ0v) is 9.99. The van der Waals surface area contributed by atoms with Gasteiger partial charge in [0.1, 0.15) is 0 Å². The molecule has 0 radical (unpaired) electrons. The van der Waals surface area contributed by atoms with Gasteiger partial charge in [-0.05, 0) is 36.6 Å². The summed E-state index contributed by atoms with van der Waals surface area (Å²) in [5.74, 6) is 0.679. The molecule has 2 nitrogen and oxygen atoms in total. The second-order valence-electron chi connectivity index (χ2n) is 4.72. The van der Waals surface area contributed by atoms with Crippen molar-refractivity contribution in [1.82, 2.24) is 4.90 Å². The van der Waals surface area contributed by atoms with Crippen molar-refractivity contribution in [2.24, 2.45) is 0 Å². The molecule has 1 aromatic rings. The summed E-state index contributed by atoms with van der Waals surface area (Å²) < 4.78 is 5.24. The first-order chi connectivity index (χ1) is 7.83. The molecule has 0 saturated carbocycles. The number of rotatable bonds is 2. The minimum absolute atomic E-state index is 0.678. The maximum absolute atomic E-state index is 5.90. The molecule has 1 atom stereocenters. The van der Waals surface area contributed by atoms with Gasteiger partial charge >= 0.3 is 0 Å². The molecule has 2 aliphatic heterocycles. The van der Waals surface area contributed by atoms with Crippen LogP contribution in [0, 0.1) is 0 Å². The molecule has 3 heteroatoms. The molecule has 0 bridgehead atoms. The highest BCUT2D eigenvalue weighted by molar-refractivity contribution is 6.30. The van der Waals surface area contributed by atoms with Crippen molar-refractivity contribution in [2.45, 2.75) is 18.4 Å². The number of hydrogen-bond acceptors (Lipinski definition) is 2. The van der Waals surface area contributed by atoms with Gasteiger partial charge in [-0.25, -0.2) is 0 Å². The average molecular weight is 238 g/mol. The summed E-state index contributed by atoms with van der Waals surface area (Å²) in [4.78, 5) is 2.56. The number of nitrogens with zero attached hydrogens (tertiary/aromatic N) is 1. The van der Waals surface area contributed by atoms with Gasteiger partial charge in [0.15, 0.2) is 0 Å². The lowest BCUT2D eigenvalue weighted by molar-refractivity contribution is -0.0573. The Balaban J connectivity index is 1.66. The third-order valence-corrected chi connectivity index (χ3v) is 3.95. The highest BCUT2D eigenvalue weighted by Crippen LogP contribution is 2.30. The molecule has 16 heavy (non-hydrogen) atoms. The maximum atomic E-state index is 5.90. The Kier molecular flexibility index (Phi) is 2.88. The monoisotopic (exact) mass is 237 g/mol. The van der Waals surface area contributed by atoms with Gasteiger partial charge in [-0.15, -0.1) is 0 Å². The molecular formula is C13H16ClNO. The molecule has 2 aliphatic rings. The van der Waals surface area contributed by atoms with E-state index in [1.54, 1.807) is 0 Å². The molecule has 1 aromatic carbocycles. The molecule has 0 aromatic heterocycles. The second kappa shape index (κ2) is 4.36. The van der Waals surface area contributed by atoms with Crippen LogP contribution in [0.25, 0.3) is 0 Å². The zero-order chi connectivity index (χ0) is 11.0. The standard InChI is InChI=1S/C13H16ClNO/c14-12-3-1-10(2-4-12)11-5-6-15(7-11)13-8-16-9-13/h1-4,11,13H,5-9H2. The number of likely N-dealkylation sites (tertiary alicyclic amines) is 1. The van der Waals surface area contributed by atoms with Crippen molar-refractivity contribution >= 4 is 11.6 Å². The molecule has 2 fully saturated rings. The Morgan fingerprint density at radius 1 is 1.19 bits per heavy atom. The van der Waals surface area contributed by atoms with Gasteiger partial charge in [0.05, 0.1) is 19.3 Å². The molecule has 0 N–H and O–H groups in total. The summed E-state index contributed by atoms with van der Waals surface area (Å²) in [6.45, 7) is 4.23. The Morgan fingerprint density at radius 2 is 1.94 bits per heavy atom. The van der Waals surface area contributed by atoms with Crippen LogP contribution in [0.5, 0.6) is 0 Å². The van der Waals surface area contributed by atoms with E-state index in [1.807, 2.05) is 12.1 Å². The number of ether oxygens (including phenoxy) is 1. The van der Waals surface area contributed by atoms with E-state index in [0.717, 1.165) is 18.2 Å². The lowest BCUT2D eigenvalue weighted by Gasteiger charge is -2.34. The van der Waals surface area contributed by atoms with Gasteiger partial charge in [0.2, 0.25) is 0 Å². The molecule has 86 valence electrons. The van der Waals surface area contributed by atoms with Crippen LogP contribution in [-0.2, 0) is 4.74 Å². The fourth-order valence-electron chi connectivity index (χ4n) is 2.56. The van der Waals surface area contributed by atoms with E-state index < -0.39 is 0 Å². The van der Waals surface area contributed by atoms with Crippen LogP contribution in [0.1, 0.15) is 17.9 Å². The van der Waals surface area contributed by atoms with E-state index in [2.05, 4.69) is 17.0 Å². The second-order valence-corrected chi connectivity index (χ2v) is 5.16. The molecule has 3 rings (SSSR count). The minimum atomic E-state index is 0.678. The summed E-state index contributed by atoms with van der Waals surface area (Å²) in [6, 6.07) is 8.98.